The van der Waals surface area contributed by atoms with Gasteiger partial charge >= 0.3 is 12.0 Å². The minimum absolute atomic E-state index is 0.195. The average molecular weight is 184 g/mol. The van der Waals surface area contributed by atoms with Gasteiger partial charge in [0, 0.05) is 6.92 Å². The second-order valence-corrected chi connectivity index (χ2v) is 2.63. The smallest absolute Gasteiger partial charge is 0.360 e. The number of ether oxygens (including phenoxy) is 1. The van der Waals surface area contributed by atoms with Crippen molar-refractivity contribution in [3.05, 3.63) is 35.9 Å². The van der Waals surface area contributed by atoms with Crippen LogP contribution in [0.5, 0.6) is 0 Å². The van der Waals surface area contributed by atoms with Crippen molar-refractivity contribution in [1.29, 1.82) is 0 Å². The lowest BCUT2D eigenvalue weighted by Gasteiger charge is -2.13. The number of rotatable bonds is 2. The first-order valence-corrected chi connectivity index (χ1v) is 3.69. The van der Waals surface area contributed by atoms with Gasteiger partial charge < -0.3 is 9.84 Å². The summed E-state index contributed by atoms with van der Waals surface area (Å²) in [6.07, 6.45) is 0. The molecule has 0 fully saturated rings. The zero-order valence-electron chi connectivity index (χ0n) is 7.03. The summed E-state index contributed by atoms with van der Waals surface area (Å²) in [5, 5.41) is 8.54. The number of hydrogen-bond donors (Lipinski definition) is 1. The molecule has 0 aliphatic carbocycles. The number of aliphatic hydroxyl groups is 1. The van der Waals surface area contributed by atoms with Gasteiger partial charge in [-0.05, 0) is 12.1 Å². The first-order valence-electron chi connectivity index (χ1n) is 3.69. The Labute approximate surface area is 74.8 Å². The lowest BCUT2D eigenvalue weighted by atomic mass is 10.2. The number of halogens is 1. The SMILES string of the molecule is CC(O)(F)OC(=O)c1ccccc1. The number of hydrogen-bond acceptors (Lipinski definition) is 3. The normalized spacial score (nSPS) is 14.7. The van der Waals surface area contributed by atoms with E-state index in [4.69, 9.17) is 5.11 Å². The molecule has 0 radical (unpaired) electrons. The topological polar surface area (TPSA) is 46.5 Å². The number of carbonyl (C=O) groups is 1. The van der Waals surface area contributed by atoms with Gasteiger partial charge in [0.1, 0.15) is 0 Å². The third-order valence-corrected chi connectivity index (χ3v) is 1.29. The molecule has 4 heteroatoms. The standard InChI is InChI=1S/C9H9FO3/c1-9(10,12)13-8(11)7-5-3-2-4-6-7/h2-6,12H,1H3. The van der Waals surface area contributed by atoms with Gasteiger partial charge in [-0.25, -0.2) is 4.79 Å². The molecule has 13 heavy (non-hydrogen) atoms. The zero-order valence-corrected chi connectivity index (χ0v) is 7.03. The largest absolute Gasteiger partial charge is 0.401 e. The van der Waals surface area contributed by atoms with E-state index in [1.165, 1.54) is 12.1 Å². The summed E-state index contributed by atoms with van der Waals surface area (Å²) >= 11 is 0. The summed E-state index contributed by atoms with van der Waals surface area (Å²) in [6, 6.07) is 4.95. The minimum atomic E-state index is -2.92. The highest BCUT2D eigenvalue weighted by Crippen LogP contribution is 2.11. The van der Waals surface area contributed by atoms with Crippen molar-refractivity contribution in [2.45, 2.75) is 13.0 Å². The Bertz CT molecular complexity index is 289. The fraction of sp³-hybridized carbons (Fsp3) is 0.222. The molecule has 1 aromatic rings. The Balaban J connectivity index is 2.71. The number of esters is 1. The summed E-state index contributed by atoms with van der Waals surface area (Å²) < 4.78 is 16.5. The predicted octanol–water partition coefficient (Wildman–Crippen LogP) is 1.48. The molecule has 0 spiro atoms. The molecule has 1 atom stereocenters. The molecule has 0 aliphatic heterocycles. The first kappa shape index (κ1) is 9.67. The molecule has 0 saturated carbocycles. The fourth-order valence-electron chi connectivity index (χ4n) is 0.802. The zero-order chi connectivity index (χ0) is 9.90. The molecule has 70 valence electrons. The summed E-state index contributed by atoms with van der Waals surface area (Å²) in [4.78, 5) is 11.0. The Hall–Kier alpha value is -1.42. The van der Waals surface area contributed by atoms with E-state index in [9.17, 15) is 9.18 Å². The van der Waals surface area contributed by atoms with Gasteiger partial charge in [-0.1, -0.05) is 18.2 Å². The second-order valence-electron chi connectivity index (χ2n) is 2.63. The molecule has 0 aliphatic rings. The maximum Gasteiger partial charge on any atom is 0.360 e. The first-order chi connectivity index (χ1) is 5.99. The quantitative estimate of drug-likeness (QED) is 0.559. The van der Waals surface area contributed by atoms with E-state index in [2.05, 4.69) is 4.74 Å². The van der Waals surface area contributed by atoms with Crippen LogP contribution in [-0.4, -0.2) is 17.1 Å². The molecule has 0 heterocycles. The van der Waals surface area contributed by atoms with E-state index >= 15 is 0 Å². The van der Waals surface area contributed by atoms with Crippen molar-refractivity contribution in [1.82, 2.24) is 0 Å². The van der Waals surface area contributed by atoms with Crippen molar-refractivity contribution in [3.8, 4) is 0 Å². The predicted molar refractivity (Wildman–Crippen MR) is 43.6 cm³/mol. The van der Waals surface area contributed by atoms with Gasteiger partial charge in [0.05, 0.1) is 5.56 Å². The highest BCUT2D eigenvalue weighted by Gasteiger charge is 2.24. The lowest BCUT2D eigenvalue weighted by molar-refractivity contribution is -0.242. The van der Waals surface area contributed by atoms with Gasteiger partial charge in [-0.3, -0.25) is 0 Å². The molecule has 1 rings (SSSR count). The lowest BCUT2D eigenvalue weighted by Crippen LogP contribution is -2.25. The van der Waals surface area contributed by atoms with Crippen LogP contribution in [0.2, 0.25) is 0 Å². The molecular formula is C9H9FO3. The number of carbonyl (C=O) groups excluding carboxylic acids is 1. The van der Waals surface area contributed by atoms with Gasteiger partial charge in [0.15, 0.2) is 0 Å². The minimum Gasteiger partial charge on any atom is -0.401 e. The van der Waals surface area contributed by atoms with E-state index in [1.54, 1.807) is 18.2 Å². The highest BCUT2D eigenvalue weighted by atomic mass is 19.2. The van der Waals surface area contributed by atoms with Crippen LogP contribution in [-0.2, 0) is 4.74 Å². The maximum atomic E-state index is 12.4. The summed E-state index contributed by atoms with van der Waals surface area (Å²) in [7, 11) is 0. The van der Waals surface area contributed by atoms with Gasteiger partial charge in [-0.2, -0.15) is 4.39 Å². The summed E-state index contributed by atoms with van der Waals surface area (Å²) in [5.41, 5.74) is 0.195. The number of alkyl halides is 1. The third kappa shape index (κ3) is 3.21. The van der Waals surface area contributed by atoms with Crippen LogP contribution < -0.4 is 0 Å². The van der Waals surface area contributed by atoms with Crippen LogP contribution in [0.25, 0.3) is 0 Å². The molecule has 0 saturated heterocycles. The van der Waals surface area contributed by atoms with Crippen molar-refractivity contribution in [3.63, 3.8) is 0 Å². The van der Waals surface area contributed by atoms with Crippen molar-refractivity contribution < 1.29 is 19.0 Å². The Morgan fingerprint density at radius 2 is 2.00 bits per heavy atom. The molecule has 1 N–H and O–H groups in total. The average Bonchev–Trinajstić information content (AvgIpc) is 2.03. The third-order valence-electron chi connectivity index (χ3n) is 1.29. The van der Waals surface area contributed by atoms with Gasteiger partial charge in [-0.15, -0.1) is 0 Å². The molecule has 1 aromatic carbocycles. The van der Waals surface area contributed by atoms with E-state index < -0.39 is 12.0 Å². The molecule has 1 unspecified atom stereocenters. The summed E-state index contributed by atoms with van der Waals surface area (Å²) in [6.45, 7) is 0.744. The maximum absolute atomic E-state index is 12.4. The van der Waals surface area contributed by atoms with E-state index in [0.29, 0.717) is 0 Å². The van der Waals surface area contributed by atoms with Crippen LogP contribution in [0.4, 0.5) is 4.39 Å². The molecule has 0 bridgehead atoms. The monoisotopic (exact) mass is 184 g/mol. The Kier molecular flexibility index (Phi) is 2.63. The van der Waals surface area contributed by atoms with Crippen LogP contribution >= 0.6 is 0 Å². The van der Waals surface area contributed by atoms with E-state index in [-0.39, 0.29) is 5.56 Å². The number of benzene rings is 1. The highest BCUT2D eigenvalue weighted by molar-refractivity contribution is 5.89. The van der Waals surface area contributed by atoms with E-state index in [1.807, 2.05) is 0 Å². The van der Waals surface area contributed by atoms with Crippen molar-refractivity contribution >= 4 is 5.97 Å². The summed E-state index contributed by atoms with van der Waals surface area (Å²) in [5.74, 6) is -0.895. The van der Waals surface area contributed by atoms with Crippen LogP contribution in [0, 0.1) is 0 Å². The molecule has 0 aromatic heterocycles. The second kappa shape index (κ2) is 3.53. The van der Waals surface area contributed by atoms with E-state index in [0.717, 1.165) is 6.92 Å². The Morgan fingerprint density at radius 1 is 1.46 bits per heavy atom. The van der Waals surface area contributed by atoms with Gasteiger partial charge in [0.2, 0.25) is 0 Å². The fourth-order valence-corrected chi connectivity index (χ4v) is 0.802. The van der Waals surface area contributed by atoms with Crippen LogP contribution in [0.15, 0.2) is 30.3 Å². The van der Waals surface area contributed by atoms with Crippen LogP contribution in [0.3, 0.4) is 0 Å². The van der Waals surface area contributed by atoms with Crippen LogP contribution in [0.1, 0.15) is 17.3 Å². The molecule has 0 amide bonds. The van der Waals surface area contributed by atoms with Gasteiger partial charge in [0.25, 0.3) is 0 Å². The Morgan fingerprint density at radius 3 is 2.46 bits per heavy atom. The molecule has 3 nitrogen and oxygen atoms in total. The van der Waals surface area contributed by atoms with Crippen molar-refractivity contribution in [2.24, 2.45) is 0 Å². The molecular weight excluding hydrogens is 175 g/mol. The van der Waals surface area contributed by atoms with Crippen molar-refractivity contribution in [2.75, 3.05) is 0 Å².